The number of allylic oxidation sites excluding steroid dienone is 1. The van der Waals surface area contributed by atoms with Gasteiger partial charge in [0.1, 0.15) is 0 Å². The minimum atomic E-state index is 0.116. The fraction of sp³-hybridized carbons (Fsp3) is 0.500. The Balaban J connectivity index is 2.01. The number of rotatable bonds is 10. The summed E-state index contributed by atoms with van der Waals surface area (Å²) in [6.07, 6.45) is 11.7. The second kappa shape index (κ2) is 11.3. The molecule has 110 valence electrons. The van der Waals surface area contributed by atoms with Gasteiger partial charge in [-0.25, -0.2) is 0 Å². The first-order chi connectivity index (χ1) is 9.83. The van der Waals surface area contributed by atoms with E-state index in [1.54, 1.807) is 0 Å². The van der Waals surface area contributed by atoms with E-state index in [-0.39, 0.29) is 5.91 Å². The lowest BCUT2D eigenvalue weighted by atomic mass is 10.1. The van der Waals surface area contributed by atoms with Gasteiger partial charge in [0.2, 0.25) is 5.91 Å². The molecule has 0 fully saturated rings. The number of nitrogens with one attached hydrogen (secondary N) is 1. The van der Waals surface area contributed by atoms with Gasteiger partial charge in [0.25, 0.3) is 0 Å². The lowest BCUT2D eigenvalue weighted by Crippen LogP contribution is -2.24. The van der Waals surface area contributed by atoms with E-state index in [2.05, 4.69) is 30.4 Å². The van der Waals surface area contributed by atoms with Gasteiger partial charge in [0, 0.05) is 13.0 Å². The molecule has 1 rings (SSSR count). The highest BCUT2D eigenvalue weighted by atomic mass is 16.1. The van der Waals surface area contributed by atoms with Crippen LogP contribution in [0.2, 0.25) is 0 Å². The van der Waals surface area contributed by atoms with Crippen molar-refractivity contribution in [2.45, 2.75) is 51.9 Å². The normalized spacial score (nSPS) is 10.8. The molecule has 0 atom stereocenters. The fourth-order valence-corrected chi connectivity index (χ4v) is 2.06. The average molecular weight is 273 g/mol. The first-order valence-electron chi connectivity index (χ1n) is 7.78. The molecule has 1 aromatic carbocycles. The summed E-state index contributed by atoms with van der Waals surface area (Å²) < 4.78 is 0. The van der Waals surface area contributed by atoms with Crippen molar-refractivity contribution in [3.8, 4) is 0 Å². The summed E-state index contributed by atoms with van der Waals surface area (Å²) in [5.74, 6) is 0.116. The molecule has 0 aliphatic rings. The SMILES string of the molecule is CCCCCC/C=C/CC(=O)NCCc1ccccc1. The molecule has 20 heavy (non-hydrogen) atoms. The van der Waals surface area contributed by atoms with Crippen LogP contribution >= 0.6 is 0 Å². The molecule has 2 nitrogen and oxygen atoms in total. The van der Waals surface area contributed by atoms with Gasteiger partial charge >= 0.3 is 0 Å². The van der Waals surface area contributed by atoms with Crippen LogP contribution in [0.3, 0.4) is 0 Å². The number of carbonyl (C=O) groups is 1. The standard InChI is InChI=1S/C18H27NO/c1-2-3-4-5-6-7-11-14-18(20)19-16-15-17-12-9-8-10-13-17/h7-13H,2-6,14-16H2,1H3,(H,19,20)/b11-7+. The molecule has 0 radical (unpaired) electrons. The molecule has 0 spiro atoms. The average Bonchev–Trinajstić information content (AvgIpc) is 2.47. The van der Waals surface area contributed by atoms with Crippen LogP contribution in [0.1, 0.15) is 51.0 Å². The van der Waals surface area contributed by atoms with Crippen LogP contribution in [0.25, 0.3) is 0 Å². The molecule has 0 unspecified atom stereocenters. The molecular weight excluding hydrogens is 246 g/mol. The molecule has 0 saturated carbocycles. The summed E-state index contributed by atoms with van der Waals surface area (Å²) in [6.45, 7) is 2.93. The maximum absolute atomic E-state index is 11.6. The van der Waals surface area contributed by atoms with E-state index in [0.29, 0.717) is 13.0 Å². The maximum Gasteiger partial charge on any atom is 0.223 e. The Morgan fingerprint density at radius 1 is 1.10 bits per heavy atom. The van der Waals surface area contributed by atoms with E-state index >= 15 is 0 Å². The quantitative estimate of drug-likeness (QED) is 0.501. The zero-order chi connectivity index (χ0) is 14.5. The molecular formula is C18H27NO. The largest absolute Gasteiger partial charge is 0.356 e. The van der Waals surface area contributed by atoms with E-state index in [9.17, 15) is 4.79 Å². The van der Waals surface area contributed by atoms with Crippen LogP contribution < -0.4 is 5.32 Å². The Hall–Kier alpha value is -1.57. The minimum Gasteiger partial charge on any atom is -0.356 e. The highest BCUT2D eigenvalue weighted by Crippen LogP contribution is 2.03. The van der Waals surface area contributed by atoms with Gasteiger partial charge in [0.05, 0.1) is 0 Å². The third-order valence-corrected chi connectivity index (χ3v) is 3.27. The molecule has 0 aliphatic carbocycles. The molecule has 2 heteroatoms. The van der Waals surface area contributed by atoms with Crippen molar-refractivity contribution in [2.75, 3.05) is 6.54 Å². The highest BCUT2D eigenvalue weighted by molar-refractivity contribution is 5.77. The van der Waals surface area contributed by atoms with Crippen molar-refractivity contribution in [3.05, 3.63) is 48.0 Å². The minimum absolute atomic E-state index is 0.116. The lowest BCUT2D eigenvalue weighted by Gasteiger charge is -2.03. The van der Waals surface area contributed by atoms with Gasteiger partial charge in [-0.15, -0.1) is 0 Å². The van der Waals surface area contributed by atoms with Crippen LogP contribution in [0, 0.1) is 0 Å². The van der Waals surface area contributed by atoms with Gasteiger partial charge < -0.3 is 5.32 Å². The summed E-state index contributed by atoms with van der Waals surface area (Å²) in [5.41, 5.74) is 1.26. The van der Waals surface area contributed by atoms with Gasteiger partial charge in [0.15, 0.2) is 0 Å². The van der Waals surface area contributed by atoms with E-state index in [0.717, 1.165) is 12.8 Å². The van der Waals surface area contributed by atoms with E-state index in [1.165, 1.54) is 31.2 Å². The van der Waals surface area contributed by atoms with Crippen LogP contribution in [0.4, 0.5) is 0 Å². The Morgan fingerprint density at radius 3 is 2.65 bits per heavy atom. The predicted octanol–water partition coefficient (Wildman–Crippen LogP) is 4.26. The second-order valence-corrected chi connectivity index (χ2v) is 5.11. The number of benzene rings is 1. The second-order valence-electron chi connectivity index (χ2n) is 5.11. The van der Waals surface area contributed by atoms with Crippen molar-refractivity contribution in [3.63, 3.8) is 0 Å². The van der Waals surface area contributed by atoms with Crippen molar-refractivity contribution < 1.29 is 4.79 Å². The Bertz CT molecular complexity index is 384. The molecule has 1 aromatic rings. The highest BCUT2D eigenvalue weighted by Gasteiger charge is 1.97. The number of hydrogen-bond donors (Lipinski definition) is 1. The molecule has 0 bridgehead atoms. The fourth-order valence-electron chi connectivity index (χ4n) is 2.06. The monoisotopic (exact) mass is 273 g/mol. The topological polar surface area (TPSA) is 29.1 Å². The summed E-state index contributed by atoms with van der Waals surface area (Å²) in [7, 11) is 0. The Kier molecular flexibility index (Phi) is 9.29. The first-order valence-corrected chi connectivity index (χ1v) is 7.78. The van der Waals surface area contributed by atoms with Gasteiger partial charge in [-0.3, -0.25) is 4.79 Å². The van der Waals surface area contributed by atoms with Gasteiger partial charge in [-0.1, -0.05) is 68.7 Å². The first kappa shape index (κ1) is 16.5. The lowest BCUT2D eigenvalue weighted by molar-refractivity contribution is -0.120. The zero-order valence-electron chi connectivity index (χ0n) is 12.6. The van der Waals surface area contributed by atoms with Crippen LogP contribution in [-0.4, -0.2) is 12.5 Å². The maximum atomic E-state index is 11.6. The Morgan fingerprint density at radius 2 is 1.90 bits per heavy atom. The summed E-state index contributed by atoms with van der Waals surface area (Å²) in [6, 6.07) is 10.2. The van der Waals surface area contributed by atoms with Crippen LogP contribution in [0.5, 0.6) is 0 Å². The van der Waals surface area contributed by atoms with Crippen molar-refractivity contribution in [2.24, 2.45) is 0 Å². The number of unbranched alkanes of at least 4 members (excludes halogenated alkanes) is 4. The summed E-state index contributed by atoms with van der Waals surface area (Å²) in [5, 5.41) is 2.95. The van der Waals surface area contributed by atoms with Crippen LogP contribution in [0.15, 0.2) is 42.5 Å². The smallest absolute Gasteiger partial charge is 0.223 e. The van der Waals surface area contributed by atoms with E-state index < -0.39 is 0 Å². The van der Waals surface area contributed by atoms with Crippen LogP contribution in [-0.2, 0) is 11.2 Å². The van der Waals surface area contributed by atoms with E-state index in [4.69, 9.17) is 0 Å². The van der Waals surface area contributed by atoms with Gasteiger partial charge in [-0.2, -0.15) is 0 Å². The Labute approximate surface area is 123 Å². The summed E-state index contributed by atoms with van der Waals surface area (Å²) >= 11 is 0. The van der Waals surface area contributed by atoms with Crippen molar-refractivity contribution in [1.29, 1.82) is 0 Å². The number of amides is 1. The number of hydrogen-bond acceptors (Lipinski definition) is 1. The molecule has 1 amide bonds. The molecule has 0 heterocycles. The molecule has 1 N–H and O–H groups in total. The molecule has 0 aliphatic heterocycles. The van der Waals surface area contributed by atoms with Gasteiger partial charge in [-0.05, 0) is 24.8 Å². The van der Waals surface area contributed by atoms with Crippen molar-refractivity contribution >= 4 is 5.91 Å². The summed E-state index contributed by atoms with van der Waals surface area (Å²) in [4.78, 5) is 11.6. The molecule has 0 saturated heterocycles. The molecule has 0 aromatic heterocycles. The van der Waals surface area contributed by atoms with E-state index in [1.807, 2.05) is 24.3 Å². The third kappa shape index (κ3) is 8.52. The zero-order valence-corrected chi connectivity index (χ0v) is 12.6. The van der Waals surface area contributed by atoms with Crippen molar-refractivity contribution in [1.82, 2.24) is 5.32 Å². The third-order valence-electron chi connectivity index (χ3n) is 3.27. The number of carbonyl (C=O) groups excluding carboxylic acids is 1. The predicted molar refractivity (Wildman–Crippen MR) is 85.7 cm³/mol.